The Hall–Kier alpha value is -2.83. The van der Waals surface area contributed by atoms with Crippen molar-refractivity contribution in [2.45, 2.75) is 19.8 Å². The number of hydrogen-bond acceptors (Lipinski definition) is 6. The number of amides is 1. The predicted molar refractivity (Wildman–Crippen MR) is 99.2 cm³/mol. The summed E-state index contributed by atoms with van der Waals surface area (Å²) in [5.74, 6) is 2.34. The van der Waals surface area contributed by atoms with Crippen LogP contribution >= 0.6 is 0 Å². The molecule has 0 saturated carbocycles. The molecule has 7 heteroatoms. The number of piperidine rings is 1. The molecule has 1 atom stereocenters. The van der Waals surface area contributed by atoms with E-state index in [0.717, 1.165) is 25.9 Å². The van der Waals surface area contributed by atoms with Crippen molar-refractivity contribution >= 4 is 17.4 Å². The van der Waals surface area contributed by atoms with E-state index in [0.29, 0.717) is 34.6 Å². The molecule has 1 aromatic carbocycles. The second kappa shape index (κ2) is 8.03. The van der Waals surface area contributed by atoms with E-state index in [4.69, 9.17) is 9.47 Å². The van der Waals surface area contributed by atoms with Gasteiger partial charge < -0.3 is 19.7 Å². The van der Waals surface area contributed by atoms with Crippen molar-refractivity contribution in [1.82, 2.24) is 14.9 Å². The molecule has 1 aliphatic heterocycles. The normalized spacial score (nSPS) is 16.9. The lowest BCUT2D eigenvalue weighted by Gasteiger charge is -2.30. The van der Waals surface area contributed by atoms with Gasteiger partial charge in [0.2, 0.25) is 0 Å². The average molecular weight is 356 g/mol. The van der Waals surface area contributed by atoms with Gasteiger partial charge in [-0.1, -0.05) is 6.92 Å². The Balaban J connectivity index is 1.80. The van der Waals surface area contributed by atoms with Crippen LogP contribution in [-0.4, -0.2) is 48.1 Å². The second-order valence-corrected chi connectivity index (χ2v) is 6.48. The number of likely N-dealkylation sites (tertiary alicyclic amines) is 1. The first-order valence-corrected chi connectivity index (χ1v) is 8.71. The van der Waals surface area contributed by atoms with Crippen LogP contribution in [0.4, 0.5) is 11.5 Å². The highest BCUT2D eigenvalue weighted by atomic mass is 16.5. The molecule has 0 aliphatic carbocycles. The van der Waals surface area contributed by atoms with E-state index in [1.165, 1.54) is 6.33 Å². The fourth-order valence-electron chi connectivity index (χ4n) is 3.13. The maximum Gasteiger partial charge on any atom is 0.272 e. The van der Waals surface area contributed by atoms with E-state index in [2.05, 4.69) is 22.2 Å². The van der Waals surface area contributed by atoms with Gasteiger partial charge in [0.15, 0.2) is 0 Å². The Morgan fingerprint density at radius 2 is 2.08 bits per heavy atom. The number of aromatic nitrogens is 2. The maximum absolute atomic E-state index is 12.7. The van der Waals surface area contributed by atoms with Crippen LogP contribution in [0.2, 0.25) is 0 Å². The number of nitrogens with zero attached hydrogens (tertiary/aromatic N) is 3. The fraction of sp³-hybridized carbons (Fsp3) is 0.421. The van der Waals surface area contributed by atoms with Gasteiger partial charge in [0.1, 0.15) is 29.3 Å². The topological polar surface area (TPSA) is 76.6 Å². The molecule has 2 heterocycles. The minimum absolute atomic E-state index is 0.0559. The molecule has 1 N–H and O–H groups in total. The SMILES string of the molecule is COc1ccc(OC)c(Nc2cc(C(=O)N3CCCC(C)C3)ncn2)c1. The van der Waals surface area contributed by atoms with E-state index in [1.807, 2.05) is 23.1 Å². The van der Waals surface area contributed by atoms with Gasteiger partial charge in [0.25, 0.3) is 5.91 Å². The summed E-state index contributed by atoms with van der Waals surface area (Å²) < 4.78 is 10.6. The first kappa shape index (κ1) is 18.0. The Morgan fingerprint density at radius 1 is 1.23 bits per heavy atom. The van der Waals surface area contributed by atoms with Crippen molar-refractivity contribution in [3.63, 3.8) is 0 Å². The van der Waals surface area contributed by atoms with Crippen molar-refractivity contribution in [1.29, 1.82) is 0 Å². The lowest BCUT2D eigenvalue weighted by atomic mass is 10.00. The lowest BCUT2D eigenvalue weighted by molar-refractivity contribution is 0.0677. The third kappa shape index (κ3) is 4.04. The number of benzene rings is 1. The van der Waals surface area contributed by atoms with Crippen LogP contribution in [0.3, 0.4) is 0 Å². The number of ether oxygens (including phenoxy) is 2. The molecule has 1 amide bonds. The van der Waals surface area contributed by atoms with Crippen molar-refractivity contribution in [2.24, 2.45) is 5.92 Å². The third-order valence-electron chi connectivity index (χ3n) is 4.50. The highest BCUT2D eigenvalue weighted by Crippen LogP contribution is 2.31. The van der Waals surface area contributed by atoms with Crippen LogP contribution in [-0.2, 0) is 0 Å². The van der Waals surface area contributed by atoms with Gasteiger partial charge in [0.05, 0.1) is 19.9 Å². The molecule has 1 fully saturated rings. The van der Waals surface area contributed by atoms with Crippen LogP contribution in [0.1, 0.15) is 30.3 Å². The summed E-state index contributed by atoms with van der Waals surface area (Å²) in [6, 6.07) is 7.11. The molecule has 0 spiro atoms. The van der Waals surface area contributed by atoms with Crippen LogP contribution in [0.15, 0.2) is 30.6 Å². The molecular weight excluding hydrogens is 332 g/mol. The lowest BCUT2D eigenvalue weighted by Crippen LogP contribution is -2.39. The fourth-order valence-corrected chi connectivity index (χ4v) is 3.13. The Bertz CT molecular complexity index is 781. The van der Waals surface area contributed by atoms with Gasteiger partial charge in [-0.2, -0.15) is 0 Å². The summed E-state index contributed by atoms with van der Waals surface area (Å²) in [6.45, 7) is 3.72. The number of rotatable bonds is 5. The molecule has 7 nitrogen and oxygen atoms in total. The van der Waals surface area contributed by atoms with E-state index < -0.39 is 0 Å². The predicted octanol–water partition coefficient (Wildman–Crippen LogP) is 3.11. The van der Waals surface area contributed by atoms with Gasteiger partial charge >= 0.3 is 0 Å². The van der Waals surface area contributed by atoms with E-state index >= 15 is 0 Å². The van der Waals surface area contributed by atoms with Crippen molar-refractivity contribution in [3.05, 3.63) is 36.3 Å². The van der Waals surface area contributed by atoms with Gasteiger partial charge in [-0.25, -0.2) is 9.97 Å². The first-order chi connectivity index (χ1) is 12.6. The summed E-state index contributed by atoms with van der Waals surface area (Å²) in [6.07, 6.45) is 3.59. The molecule has 138 valence electrons. The molecule has 1 aromatic heterocycles. The largest absolute Gasteiger partial charge is 0.497 e. The Kier molecular flexibility index (Phi) is 5.55. The third-order valence-corrected chi connectivity index (χ3v) is 4.50. The number of hydrogen-bond donors (Lipinski definition) is 1. The standard InChI is InChI=1S/C19H24N4O3/c1-13-5-4-8-23(11-13)19(24)16-10-18(21-12-20-16)22-15-9-14(25-2)6-7-17(15)26-3/h6-7,9-10,12-13H,4-5,8,11H2,1-3H3,(H,20,21,22). The zero-order chi connectivity index (χ0) is 18.5. The minimum Gasteiger partial charge on any atom is -0.497 e. The minimum atomic E-state index is -0.0559. The molecule has 2 aromatic rings. The van der Waals surface area contributed by atoms with Gasteiger partial charge in [-0.15, -0.1) is 0 Å². The zero-order valence-electron chi connectivity index (χ0n) is 15.4. The summed E-state index contributed by atoms with van der Waals surface area (Å²) in [4.78, 5) is 23.0. The van der Waals surface area contributed by atoms with Crippen molar-refractivity contribution in [2.75, 3.05) is 32.6 Å². The smallest absolute Gasteiger partial charge is 0.272 e. The highest BCUT2D eigenvalue weighted by molar-refractivity contribution is 5.93. The van der Waals surface area contributed by atoms with Crippen molar-refractivity contribution in [3.8, 4) is 11.5 Å². The van der Waals surface area contributed by atoms with E-state index in [1.54, 1.807) is 20.3 Å². The second-order valence-electron chi connectivity index (χ2n) is 6.48. The van der Waals surface area contributed by atoms with Crippen LogP contribution in [0, 0.1) is 5.92 Å². The van der Waals surface area contributed by atoms with Crippen LogP contribution in [0.5, 0.6) is 11.5 Å². The zero-order valence-corrected chi connectivity index (χ0v) is 15.4. The number of anilines is 2. The number of carbonyl (C=O) groups excluding carboxylic acids is 1. The van der Waals surface area contributed by atoms with E-state index in [-0.39, 0.29) is 5.91 Å². The monoisotopic (exact) mass is 356 g/mol. The van der Waals surface area contributed by atoms with Gasteiger partial charge in [-0.05, 0) is 30.9 Å². The molecule has 1 unspecified atom stereocenters. The summed E-state index contributed by atoms with van der Waals surface area (Å²) in [5.41, 5.74) is 1.09. The molecule has 1 aliphatic rings. The van der Waals surface area contributed by atoms with E-state index in [9.17, 15) is 4.79 Å². The summed E-state index contributed by atoms with van der Waals surface area (Å²) in [5, 5.41) is 3.18. The first-order valence-electron chi connectivity index (χ1n) is 8.71. The average Bonchev–Trinajstić information content (AvgIpc) is 2.67. The van der Waals surface area contributed by atoms with Crippen molar-refractivity contribution < 1.29 is 14.3 Å². The van der Waals surface area contributed by atoms with Gasteiger partial charge in [-0.3, -0.25) is 4.79 Å². The molecule has 0 bridgehead atoms. The number of carbonyl (C=O) groups is 1. The Morgan fingerprint density at radius 3 is 2.81 bits per heavy atom. The molecule has 26 heavy (non-hydrogen) atoms. The quantitative estimate of drug-likeness (QED) is 0.887. The van der Waals surface area contributed by atoms with Crippen LogP contribution < -0.4 is 14.8 Å². The highest BCUT2D eigenvalue weighted by Gasteiger charge is 2.23. The Labute approximate surface area is 153 Å². The number of nitrogens with one attached hydrogen (secondary N) is 1. The molecule has 3 rings (SSSR count). The summed E-state index contributed by atoms with van der Waals surface area (Å²) in [7, 11) is 3.20. The number of methoxy groups -OCH3 is 2. The molecule has 0 radical (unpaired) electrons. The molecular formula is C19H24N4O3. The van der Waals surface area contributed by atoms with Gasteiger partial charge in [0, 0.05) is 25.2 Å². The summed E-state index contributed by atoms with van der Waals surface area (Å²) >= 11 is 0. The van der Waals surface area contributed by atoms with Crippen LogP contribution in [0.25, 0.3) is 0 Å². The maximum atomic E-state index is 12.7. The molecule has 1 saturated heterocycles.